The summed E-state index contributed by atoms with van der Waals surface area (Å²) in [7, 11) is 4.12. The van der Waals surface area contributed by atoms with Crippen molar-refractivity contribution in [1.29, 1.82) is 0 Å². The Morgan fingerprint density at radius 3 is 2.37 bits per heavy atom. The Labute approximate surface area is 172 Å². The number of halogens is 1. The lowest BCUT2D eigenvalue weighted by molar-refractivity contribution is -0.0503. The Morgan fingerprint density at radius 2 is 1.81 bits per heavy atom. The van der Waals surface area contributed by atoms with E-state index in [1.54, 1.807) is 11.8 Å². The van der Waals surface area contributed by atoms with Gasteiger partial charge in [0.25, 0.3) is 5.91 Å². The van der Waals surface area contributed by atoms with E-state index in [9.17, 15) is 4.79 Å². The van der Waals surface area contributed by atoms with Crippen molar-refractivity contribution < 1.29 is 4.79 Å². The van der Waals surface area contributed by atoms with Crippen LogP contribution in [0.25, 0.3) is 0 Å². The first-order chi connectivity index (χ1) is 12.8. The zero-order chi connectivity index (χ0) is 19.2. The minimum atomic E-state index is -0.0179. The zero-order valence-electron chi connectivity index (χ0n) is 16.6. The average molecular weight is 407 g/mol. The molecular formula is C22H31ClN2OS. The standard InChI is InChI=1S/C22H31ClN2OS/c1-14(25(2)3)27-18-4-5-20(23)19(9-18)21(26)24-13-22-10-15-6-16(11-22)8-17(7-15)12-22/h4-5,9,14-17H,6-8,10-13H2,1-3H3,(H,24,26). The lowest BCUT2D eigenvalue weighted by atomic mass is 9.49. The van der Waals surface area contributed by atoms with E-state index < -0.39 is 0 Å². The molecule has 4 aliphatic carbocycles. The SMILES string of the molecule is CC(Sc1ccc(Cl)c(C(=O)NCC23CC4CC(CC(C4)C2)C3)c1)N(C)C. The van der Waals surface area contributed by atoms with Crippen molar-refractivity contribution in [1.82, 2.24) is 10.2 Å². The van der Waals surface area contributed by atoms with Gasteiger partial charge in [-0.25, -0.2) is 0 Å². The molecule has 5 heteroatoms. The fraction of sp³-hybridized carbons (Fsp3) is 0.682. The third-order valence-electron chi connectivity index (χ3n) is 7.01. The lowest BCUT2D eigenvalue weighted by Crippen LogP contribution is -2.51. The maximum atomic E-state index is 12.9. The molecule has 1 aromatic carbocycles. The van der Waals surface area contributed by atoms with Gasteiger partial charge in [-0.3, -0.25) is 9.69 Å². The first-order valence-electron chi connectivity index (χ1n) is 10.2. The topological polar surface area (TPSA) is 32.3 Å². The summed E-state index contributed by atoms with van der Waals surface area (Å²) >= 11 is 8.11. The number of carbonyl (C=O) groups is 1. The molecule has 148 valence electrons. The van der Waals surface area contributed by atoms with Crippen LogP contribution in [0.4, 0.5) is 0 Å². The van der Waals surface area contributed by atoms with Gasteiger partial charge in [-0.05, 0) is 101 Å². The Morgan fingerprint density at radius 1 is 1.22 bits per heavy atom. The molecule has 27 heavy (non-hydrogen) atoms. The maximum Gasteiger partial charge on any atom is 0.252 e. The van der Waals surface area contributed by atoms with Crippen molar-refractivity contribution in [3.63, 3.8) is 0 Å². The third-order valence-corrected chi connectivity index (χ3v) is 8.62. The predicted molar refractivity (Wildman–Crippen MR) is 113 cm³/mol. The minimum absolute atomic E-state index is 0.0179. The molecule has 1 unspecified atom stereocenters. The smallest absolute Gasteiger partial charge is 0.252 e. The van der Waals surface area contributed by atoms with Gasteiger partial charge >= 0.3 is 0 Å². The summed E-state index contributed by atoms with van der Waals surface area (Å²) in [6, 6.07) is 5.80. The second-order valence-corrected chi connectivity index (χ2v) is 11.2. The van der Waals surface area contributed by atoms with Crippen molar-refractivity contribution in [2.45, 2.75) is 55.7 Å². The molecule has 4 saturated carbocycles. The molecule has 4 fully saturated rings. The summed E-state index contributed by atoms with van der Waals surface area (Å²) in [5.74, 6) is 2.70. The molecule has 1 atom stereocenters. The first-order valence-corrected chi connectivity index (χ1v) is 11.5. The predicted octanol–water partition coefficient (Wildman–Crippen LogP) is 5.29. The molecule has 1 amide bonds. The van der Waals surface area contributed by atoms with Crippen LogP contribution in [0, 0.1) is 23.2 Å². The number of nitrogens with zero attached hydrogens (tertiary/aromatic N) is 1. The average Bonchev–Trinajstić information content (AvgIpc) is 2.60. The van der Waals surface area contributed by atoms with Crippen molar-refractivity contribution in [3.05, 3.63) is 28.8 Å². The van der Waals surface area contributed by atoms with Gasteiger partial charge in [0.2, 0.25) is 0 Å². The highest BCUT2D eigenvalue weighted by atomic mass is 35.5. The van der Waals surface area contributed by atoms with Gasteiger partial charge in [0, 0.05) is 11.4 Å². The monoisotopic (exact) mass is 406 g/mol. The van der Waals surface area contributed by atoms with Gasteiger partial charge in [-0.1, -0.05) is 11.6 Å². The van der Waals surface area contributed by atoms with E-state index in [-0.39, 0.29) is 5.91 Å². The van der Waals surface area contributed by atoms with Gasteiger partial charge in [-0.15, -0.1) is 11.8 Å². The van der Waals surface area contributed by atoms with Crippen LogP contribution in [-0.4, -0.2) is 36.8 Å². The quantitative estimate of drug-likeness (QED) is 0.514. The van der Waals surface area contributed by atoms with Crippen LogP contribution in [0.15, 0.2) is 23.1 Å². The number of hydrogen-bond donors (Lipinski definition) is 1. The molecular weight excluding hydrogens is 376 g/mol. The summed E-state index contributed by atoms with van der Waals surface area (Å²) < 4.78 is 0. The van der Waals surface area contributed by atoms with E-state index in [0.29, 0.717) is 21.4 Å². The van der Waals surface area contributed by atoms with Gasteiger partial charge in [0.15, 0.2) is 0 Å². The van der Waals surface area contributed by atoms with Crippen LogP contribution in [0.5, 0.6) is 0 Å². The molecule has 4 bridgehead atoms. The number of benzene rings is 1. The number of amides is 1. The summed E-state index contributed by atoms with van der Waals surface area (Å²) in [6.45, 7) is 2.98. The normalized spacial score (nSPS) is 32.7. The van der Waals surface area contributed by atoms with E-state index in [1.165, 1.54) is 38.5 Å². The van der Waals surface area contributed by atoms with Crippen LogP contribution in [0.1, 0.15) is 55.8 Å². The summed E-state index contributed by atoms with van der Waals surface area (Å²) in [4.78, 5) is 16.2. The van der Waals surface area contributed by atoms with Crippen LogP contribution < -0.4 is 5.32 Å². The third kappa shape index (κ3) is 4.18. The van der Waals surface area contributed by atoms with E-state index >= 15 is 0 Å². The van der Waals surface area contributed by atoms with Crippen LogP contribution in [0.3, 0.4) is 0 Å². The molecule has 0 aromatic heterocycles. The zero-order valence-corrected chi connectivity index (χ0v) is 18.2. The van der Waals surface area contributed by atoms with E-state index in [0.717, 1.165) is 29.2 Å². The fourth-order valence-corrected chi connectivity index (χ4v) is 7.06. The molecule has 0 saturated heterocycles. The molecule has 5 rings (SSSR count). The van der Waals surface area contributed by atoms with Crippen LogP contribution in [-0.2, 0) is 0 Å². The van der Waals surface area contributed by atoms with Crippen LogP contribution in [0.2, 0.25) is 5.02 Å². The molecule has 0 spiro atoms. The maximum absolute atomic E-state index is 12.9. The molecule has 0 radical (unpaired) electrons. The Hall–Kier alpha value is -0.710. The number of thioether (sulfide) groups is 1. The van der Waals surface area contributed by atoms with Crippen molar-refractivity contribution in [2.24, 2.45) is 23.2 Å². The van der Waals surface area contributed by atoms with E-state index in [4.69, 9.17) is 11.6 Å². The van der Waals surface area contributed by atoms with E-state index in [1.807, 2.05) is 18.2 Å². The second-order valence-electron chi connectivity index (χ2n) is 9.42. The molecule has 1 N–H and O–H groups in total. The fourth-order valence-electron chi connectivity index (χ4n) is 5.92. The molecule has 1 aromatic rings. The molecule has 4 aliphatic rings. The highest BCUT2D eigenvalue weighted by Gasteiger charge is 2.50. The highest BCUT2D eigenvalue weighted by Crippen LogP contribution is 2.59. The van der Waals surface area contributed by atoms with Crippen LogP contribution >= 0.6 is 23.4 Å². The number of rotatable bonds is 6. The van der Waals surface area contributed by atoms with Gasteiger partial charge < -0.3 is 5.32 Å². The van der Waals surface area contributed by atoms with Gasteiger partial charge in [0.1, 0.15) is 0 Å². The Kier molecular flexibility index (Phi) is 5.52. The van der Waals surface area contributed by atoms with Gasteiger partial charge in [-0.2, -0.15) is 0 Å². The highest BCUT2D eigenvalue weighted by molar-refractivity contribution is 7.99. The van der Waals surface area contributed by atoms with E-state index in [2.05, 4.69) is 31.2 Å². The van der Waals surface area contributed by atoms with Crippen molar-refractivity contribution in [3.8, 4) is 0 Å². The largest absolute Gasteiger partial charge is 0.351 e. The summed E-state index contributed by atoms with van der Waals surface area (Å²) in [5.41, 5.74) is 0.959. The first kappa shape index (κ1) is 19.6. The van der Waals surface area contributed by atoms with Crippen molar-refractivity contribution in [2.75, 3.05) is 20.6 Å². The molecule has 0 heterocycles. The molecule has 3 nitrogen and oxygen atoms in total. The number of carbonyl (C=O) groups excluding carboxylic acids is 1. The molecule has 0 aliphatic heterocycles. The lowest BCUT2D eigenvalue weighted by Gasteiger charge is -2.56. The minimum Gasteiger partial charge on any atom is -0.351 e. The summed E-state index contributed by atoms with van der Waals surface area (Å²) in [5, 5.41) is 4.14. The second kappa shape index (κ2) is 7.61. The van der Waals surface area contributed by atoms with Crippen molar-refractivity contribution >= 4 is 29.3 Å². The number of nitrogens with one attached hydrogen (secondary N) is 1. The Bertz CT molecular complexity index is 685. The summed E-state index contributed by atoms with van der Waals surface area (Å²) in [6.07, 6.45) is 8.23. The van der Waals surface area contributed by atoms with Gasteiger partial charge in [0.05, 0.1) is 16.0 Å². The Balaban J connectivity index is 1.42. The number of hydrogen-bond acceptors (Lipinski definition) is 3.